The number of anilines is 1. The van der Waals surface area contributed by atoms with Gasteiger partial charge in [0.15, 0.2) is 0 Å². The second kappa shape index (κ2) is 7.80. The van der Waals surface area contributed by atoms with Gasteiger partial charge in [-0.2, -0.15) is 10.1 Å². The van der Waals surface area contributed by atoms with Crippen molar-refractivity contribution in [1.29, 1.82) is 0 Å². The molecule has 0 unspecified atom stereocenters. The number of amides is 1. The molecule has 0 saturated heterocycles. The maximum Gasteiger partial charge on any atom is 0.278 e. The number of halogens is 1. The number of nitrogens with one attached hydrogen (secondary N) is 1. The number of benzene rings is 1. The SMILES string of the molecule is O=C(Cn1nc(-c2nc(-c3ccncc3)no2)ccc1=O)Nc1ccc(F)cc1. The van der Waals surface area contributed by atoms with Gasteiger partial charge in [-0.15, -0.1) is 0 Å². The summed E-state index contributed by atoms with van der Waals surface area (Å²) in [5.41, 5.74) is 0.880. The smallest absolute Gasteiger partial charge is 0.278 e. The van der Waals surface area contributed by atoms with Crippen molar-refractivity contribution < 1.29 is 13.7 Å². The lowest BCUT2D eigenvalue weighted by Gasteiger charge is -2.07. The summed E-state index contributed by atoms with van der Waals surface area (Å²) in [6.07, 6.45) is 3.20. The Balaban J connectivity index is 1.53. The maximum atomic E-state index is 12.9. The van der Waals surface area contributed by atoms with Crippen LogP contribution in [0.3, 0.4) is 0 Å². The van der Waals surface area contributed by atoms with E-state index in [4.69, 9.17) is 4.52 Å². The molecule has 0 aliphatic rings. The van der Waals surface area contributed by atoms with Crippen LogP contribution in [0.2, 0.25) is 0 Å². The zero-order valence-corrected chi connectivity index (χ0v) is 14.8. The number of nitrogens with zero attached hydrogens (tertiary/aromatic N) is 5. The minimum absolute atomic E-state index is 0.101. The van der Waals surface area contributed by atoms with Crippen molar-refractivity contribution in [2.45, 2.75) is 6.54 Å². The summed E-state index contributed by atoms with van der Waals surface area (Å²) in [6, 6.07) is 11.4. The molecular weight excluding hydrogens is 379 g/mol. The number of hydrogen-bond donors (Lipinski definition) is 1. The van der Waals surface area contributed by atoms with E-state index in [1.807, 2.05) is 0 Å². The molecule has 29 heavy (non-hydrogen) atoms. The van der Waals surface area contributed by atoms with Crippen LogP contribution in [0.15, 0.2) is 70.2 Å². The van der Waals surface area contributed by atoms with Gasteiger partial charge in [0.1, 0.15) is 18.1 Å². The topological polar surface area (TPSA) is 116 Å². The van der Waals surface area contributed by atoms with E-state index < -0.39 is 17.3 Å². The number of carbonyl (C=O) groups is 1. The van der Waals surface area contributed by atoms with E-state index in [0.29, 0.717) is 17.1 Å². The standard InChI is InChI=1S/C19H13FN6O3/c20-13-1-3-14(4-2-13)22-16(27)11-26-17(28)6-5-15(24-26)19-23-18(25-29-19)12-7-9-21-10-8-12/h1-10H,11H2,(H,22,27). The van der Waals surface area contributed by atoms with Crippen LogP contribution in [0, 0.1) is 5.82 Å². The average Bonchev–Trinajstić information content (AvgIpc) is 3.22. The minimum atomic E-state index is -0.494. The van der Waals surface area contributed by atoms with Gasteiger partial charge < -0.3 is 9.84 Å². The highest BCUT2D eigenvalue weighted by molar-refractivity contribution is 5.90. The summed E-state index contributed by atoms with van der Waals surface area (Å²) in [6.45, 7) is -0.338. The Hall–Kier alpha value is -4.21. The van der Waals surface area contributed by atoms with Gasteiger partial charge in [0, 0.05) is 29.7 Å². The Morgan fingerprint density at radius 2 is 1.83 bits per heavy atom. The van der Waals surface area contributed by atoms with Gasteiger partial charge in [-0.05, 0) is 42.5 Å². The molecule has 1 aromatic carbocycles. The Kier molecular flexibility index (Phi) is 4.89. The van der Waals surface area contributed by atoms with Crippen LogP contribution in [0.4, 0.5) is 10.1 Å². The van der Waals surface area contributed by atoms with Gasteiger partial charge in [0.05, 0.1) is 0 Å². The molecule has 0 saturated carbocycles. The van der Waals surface area contributed by atoms with Gasteiger partial charge in [-0.25, -0.2) is 9.07 Å². The van der Waals surface area contributed by atoms with Gasteiger partial charge in [0.2, 0.25) is 11.7 Å². The Labute approximate surface area is 162 Å². The summed E-state index contributed by atoms with van der Waals surface area (Å²) < 4.78 is 19.1. The fraction of sp³-hybridized carbons (Fsp3) is 0.0526. The largest absolute Gasteiger partial charge is 0.332 e. The molecule has 4 rings (SSSR count). The zero-order valence-electron chi connectivity index (χ0n) is 14.8. The highest BCUT2D eigenvalue weighted by atomic mass is 19.1. The molecule has 0 fully saturated rings. The molecule has 0 aliphatic carbocycles. The van der Waals surface area contributed by atoms with Crippen molar-refractivity contribution in [3.8, 4) is 23.0 Å². The van der Waals surface area contributed by atoms with Crippen molar-refractivity contribution >= 4 is 11.6 Å². The Morgan fingerprint density at radius 1 is 1.07 bits per heavy atom. The van der Waals surface area contributed by atoms with Crippen molar-refractivity contribution in [2.75, 3.05) is 5.32 Å². The van der Waals surface area contributed by atoms with E-state index in [1.165, 1.54) is 36.4 Å². The summed E-state index contributed by atoms with van der Waals surface area (Å²) in [5, 5.41) is 10.6. The van der Waals surface area contributed by atoms with E-state index in [2.05, 4.69) is 25.5 Å². The highest BCUT2D eigenvalue weighted by Crippen LogP contribution is 2.19. The molecule has 0 spiro atoms. The molecule has 9 nitrogen and oxygen atoms in total. The Morgan fingerprint density at radius 3 is 2.59 bits per heavy atom. The third kappa shape index (κ3) is 4.21. The predicted octanol–water partition coefficient (Wildman–Crippen LogP) is 2.13. The van der Waals surface area contributed by atoms with Crippen molar-refractivity contribution in [3.63, 3.8) is 0 Å². The van der Waals surface area contributed by atoms with Crippen molar-refractivity contribution in [3.05, 3.63) is 77.1 Å². The average molecular weight is 392 g/mol. The third-order valence-corrected chi connectivity index (χ3v) is 3.87. The van der Waals surface area contributed by atoms with E-state index in [1.54, 1.807) is 24.5 Å². The quantitative estimate of drug-likeness (QED) is 0.553. The van der Waals surface area contributed by atoms with Crippen LogP contribution >= 0.6 is 0 Å². The van der Waals surface area contributed by atoms with E-state index in [0.717, 1.165) is 4.68 Å². The molecule has 144 valence electrons. The maximum absolute atomic E-state index is 12.9. The second-order valence-electron chi connectivity index (χ2n) is 5.93. The number of aromatic nitrogens is 5. The number of rotatable bonds is 5. The van der Waals surface area contributed by atoms with Gasteiger partial charge >= 0.3 is 0 Å². The van der Waals surface area contributed by atoms with E-state index >= 15 is 0 Å². The van der Waals surface area contributed by atoms with Crippen molar-refractivity contribution in [1.82, 2.24) is 24.9 Å². The van der Waals surface area contributed by atoms with Crippen LogP contribution < -0.4 is 10.9 Å². The van der Waals surface area contributed by atoms with E-state index in [-0.39, 0.29) is 18.1 Å². The zero-order chi connectivity index (χ0) is 20.2. The lowest BCUT2D eigenvalue weighted by Crippen LogP contribution is -2.29. The lowest BCUT2D eigenvalue weighted by molar-refractivity contribution is -0.117. The first kappa shape index (κ1) is 18.2. The molecule has 3 heterocycles. The molecular formula is C19H13FN6O3. The van der Waals surface area contributed by atoms with Crippen LogP contribution in [0.5, 0.6) is 0 Å². The molecule has 1 amide bonds. The Bertz CT molecular complexity index is 1200. The molecule has 3 aromatic heterocycles. The number of hydrogen-bond acceptors (Lipinski definition) is 7. The molecule has 1 N–H and O–H groups in total. The second-order valence-corrected chi connectivity index (χ2v) is 5.93. The molecule has 0 aliphatic heterocycles. The van der Waals surface area contributed by atoms with Gasteiger partial charge in [0.25, 0.3) is 11.4 Å². The molecule has 0 radical (unpaired) electrons. The number of carbonyl (C=O) groups excluding carboxylic acids is 1. The first-order chi connectivity index (χ1) is 14.1. The summed E-state index contributed by atoms with van der Waals surface area (Å²) in [7, 11) is 0. The minimum Gasteiger partial charge on any atom is -0.332 e. The van der Waals surface area contributed by atoms with Gasteiger partial charge in [-0.1, -0.05) is 5.16 Å². The molecule has 10 heteroatoms. The monoisotopic (exact) mass is 392 g/mol. The molecule has 0 atom stereocenters. The van der Waals surface area contributed by atoms with E-state index in [9.17, 15) is 14.0 Å². The lowest BCUT2D eigenvalue weighted by atomic mass is 10.2. The summed E-state index contributed by atoms with van der Waals surface area (Å²) in [4.78, 5) is 32.4. The van der Waals surface area contributed by atoms with Crippen LogP contribution in [0.25, 0.3) is 23.0 Å². The van der Waals surface area contributed by atoms with Crippen LogP contribution in [-0.4, -0.2) is 30.8 Å². The fourth-order valence-corrected chi connectivity index (χ4v) is 2.49. The first-order valence-corrected chi connectivity index (χ1v) is 8.46. The fourth-order valence-electron chi connectivity index (χ4n) is 2.49. The molecule has 0 bridgehead atoms. The van der Waals surface area contributed by atoms with Gasteiger partial charge in [-0.3, -0.25) is 14.6 Å². The highest BCUT2D eigenvalue weighted by Gasteiger charge is 2.14. The normalized spacial score (nSPS) is 10.7. The summed E-state index contributed by atoms with van der Waals surface area (Å²) >= 11 is 0. The predicted molar refractivity (Wildman–Crippen MR) is 100 cm³/mol. The van der Waals surface area contributed by atoms with Crippen LogP contribution in [0.1, 0.15) is 0 Å². The first-order valence-electron chi connectivity index (χ1n) is 8.46. The van der Waals surface area contributed by atoms with Crippen molar-refractivity contribution in [2.24, 2.45) is 0 Å². The third-order valence-electron chi connectivity index (χ3n) is 3.87. The number of pyridine rings is 1. The summed E-state index contributed by atoms with van der Waals surface area (Å²) in [5.74, 6) is -0.467. The molecule has 4 aromatic rings. The van der Waals surface area contributed by atoms with Crippen LogP contribution in [-0.2, 0) is 11.3 Å².